The summed E-state index contributed by atoms with van der Waals surface area (Å²) in [7, 11) is 1.51. The van der Waals surface area contributed by atoms with Gasteiger partial charge in [0, 0.05) is 21.2 Å². The minimum absolute atomic E-state index is 0.0321. The Labute approximate surface area is 277 Å². The number of aliphatic hydroxyl groups is 1. The zero-order valence-corrected chi connectivity index (χ0v) is 27.8. The Hall–Kier alpha value is -3.83. The molecule has 0 radical (unpaired) electrons. The summed E-state index contributed by atoms with van der Waals surface area (Å²) in [5.41, 5.74) is 2.72. The summed E-state index contributed by atoms with van der Waals surface area (Å²) in [5.74, 6) is -1.13. The number of aliphatic hydroxyl groups excluding tert-OH is 1. The molecule has 1 atom stereocenters. The number of ketones is 1. The molecule has 1 aliphatic heterocycles. The highest BCUT2D eigenvalue weighted by molar-refractivity contribution is 8.00. The van der Waals surface area contributed by atoms with Crippen LogP contribution in [-0.4, -0.2) is 34.1 Å². The topological polar surface area (TPSA) is 106 Å². The molecule has 8 nitrogen and oxygen atoms in total. The number of furan rings is 1. The van der Waals surface area contributed by atoms with Crippen molar-refractivity contribution in [1.82, 2.24) is 10.2 Å². The van der Waals surface area contributed by atoms with Gasteiger partial charge in [-0.05, 0) is 46.4 Å². The maximum atomic E-state index is 14.1. The first kappa shape index (κ1) is 31.2. The Morgan fingerprint density at radius 3 is 2.53 bits per heavy atom. The van der Waals surface area contributed by atoms with E-state index in [0.29, 0.717) is 42.4 Å². The largest absolute Gasteiger partial charge is 0.503 e. The van der Waals surface area contributed by atoms with E-state index < -0.39 is 23.5 Å². The third kappa shape index (κ3) is 5.95. The third-order valence-electron chi connectivity index (χ3n) is 7.47. The van der Waals surface area contributed by atoms with Crippen molar-refractivity contribution in [3.63, 3.8) is 0 Å². The van der Waals surface area contributed by atoms with Crippen molar-refractivity contribution in [2.45, 2.75) is 42.3 Å². The number of benzene rings is 3. The number of rotatable bonds is 8. The lowest BCUT2D eigenvalue weighted by Crippen LogP contribution is -2.31. The Kier molecular flexibility index (Phi) is 8.43. The van der Waals surface area contributed by atoms with Gasteiger partial charge in [-0.1, -0.05) is 110 Å². The van der Waals surface area contributed by atoms with Crippen LogP contribution in [0, 0.1) is 0 Å². The molecule has 0 spiro atoms. The highest BCUT2D eigenvalue weighted by Crippen LogP contribution is 2.45. The molecular formula is C33H27Cl2N3O5S2. The lowest BCUT2D eigenvalue weighted by molar-refractivity contribution is -0.117. The fourth-order valence-electron chi connectivity index (χ4n) is 5.09. The molecule has 230 valence electrons. The van der Waals surface area contributed by atoms with Gasteiger partial charge in [-0.25, -0.2) is 0 Å². The molecule has 3 aromatic carbocycles. The number of thioether (sulfide) groups is 1. The van der Waals surface area contributed by atoms with Crippen molar-refractivity contribution in [2.24, 2.45) is 0 Å². The second kappa shape index (κ2) is 12.2. The Bertz CT molecular complexity index is 1980. The van der Waals surface area contributed by atoms with Crippen LogP contribution in [0.5, 0.6) is 5.75 Å². The van der Waals surface area contributed by atoms with E-state index in [4.69, 9.17) is 32.4 Å². The van der Waals surface area contributed by atoms with Gasteiger partial charge in [0.15, 0.2) is 27.2 Å². The molecule has 0 saturated carbocycles. The highest BCUT2D eigenvalue weighted by atomic mass is 35.5. The highest BCUT2D eigenvalue weighted by Gasteiger charge is 2.47. The minimum Gasteiger partial charge on any atom is -0.503 e. The van der Waals surface area contributed by atoms with Crippen LogP contribution in [0.4, 0.5) is 5.13 Å². The van der Waals surface area contributed by atoms with Gasteiger partial charge in [-0.2, -0.15) is 0 Å². The number of halogens is 2. The van der Waals surface area contributed by atoms with Crippen LogP contribution in [0.2, 0.25) is 10.0 Å². The molecule has 0 bridgehead atoms. The molecule has 1 N–H and O–H groups in total. The molecule has 1 aliphatic rings. The Morgan fingerprint density at radius 2 is 1.84 bits per heavy atom. The Balaban J connectivity index is 1.38. The first-order valence-corrected chi connectivity index (χ1v) is 16.4. The maximum absolute atomic E-state index is 14.1. The molecule has 0 fully saturated rings. The van der Waals surface area contributed by atoms with Gasteiger partial charge < -0.3 is 14.3 Å². The number of anilines is 1. The van der Waals surface area contributed by atoms with Crippen LogP contribution >= 0.6 is 46.3 Å². The van der Waals surface area contributed by atoms with Crippen LogP contribution in [0.25, 0.3) is 11.0 Å². The van der Waals surface area contributed by atoms with E-state index >= 15 is 0 Å². The van der Waals surface area contributed by atoms with E-state index in [-0.39, 0.29) is 21.9 Å². The molecule has 1 unspecified atom stereocenters. The lowest BCUT2D eigenvalue weighted by Gasteiger charge is -2.25. The van der Waals surface area contributed by atoms with Gasteiger partial charge in [0.1, 0.15) is 0 Å². The maximum Gasteiger partial charge on any atom is 0.296 e. The molecule has 45 heavy (non-hydrogen) atoms. The van der Waals surface area contributed by atoms with Crippen molar-refractivity contribution < 1.29 is 23.8 Å². The van der Waals surface area contributed by atoms with Crippen molar-refractivity contribution >= 4 is 74.1 Å². The number of Topliss-reactive ketones (excluding diaryl/α,β-unsaturated/α-hetero) is 1. The summed E-state index contributed by atoms with van der Waals surface area (Å²) in [4.78, 5) is 29.1. The van der Waals surface area contributed by atoms with Crippen LogP contribution in [0.1, 0.15) is 54.1 Å². The number of hydrogen-bond donors (Lipinski definition) is 1. The number of nitrogens with zero attached hydrogens (tertiary/aromatic N) is 3. The number of carbonyl (C=O) groups excluding carboxylic acids is 2. The van der Waals surface area contributed by atoms with Crippen molar-refractivity contribution in [2.75, 3.05) is 12.0 Å². The molecule has 0 saturated heterocycles. The zero-order chi connectivity index (χ0) is 32.0. The van der Waals surface area contributed by atoms with Gasteiger partial charge in [0.05, 0.1) is 18.7 Å². The van der Waals surface area contributed by atoms with E-state index in [0.717, 1.165) is 11.1 Å². The molecule has 3 heterocycles. The number of hydrogen-bond acceptors (Lipinski definition) is 9. The van der Waals surface area contributed by atoms with Gasteiger partial charge in [-0.15, -0.1) is 10.2 Å². The number of carbonyl (C=O) groups is 2. The van der Waals surface area contributed by atoms with Crippen molar-refractivity contribution in [3.8, 4) is 5.75 Å². The van der Waals surface area contributed by atoms with Gasteiger partial charge in [0.25, 0.3) is 5.91 Å². The average Bonchev–Trinajstić information content (AvgIpc) is 3.72. The van der Waals surface area contributed by atoms with E-state index in [9.17, 15) is 14.7 Å². The molecule has 0 aliphatic carbocycles. The monoisotopic (exact) mass is 679 g/mol. The van der Waals surface area contributed by atoms with Crippen molar-refractivity contribution in [3.05, 3.63) is 111 Å². The third-order valence-corrected chi connectivity index (χ3v) is 10.2. The van der Waals surface area contributed by atoms with Crippen LogP contribution in [0.15, 0.2) is 86.8 Å². The molecule has 6 rings (SSSR count). The van der Waals surface area contributed by atoms with E-state index in [1.807, 2.05) is 30.3 Å². The van der Waals surface area contributed by atoms with Gasteiger partial charge in [-0.3, -0.25) is 14.5 Å². The lowest BCUT2D eigenvalue weighted by atomic mass is 9.85. The number of para-hydroxylation sites is 1. The normalized spacial score (nSPS) is 15.4. The number of aromatic nitrogens is 2. The summed E-state index contributed by atoms with van der Waals surface area (Å²) >= 11 is 14.9. The predicted octanol–water partition coefficient (Wildman–Crippen LogP) is 8.97. The van der Waals surface area contributed by atoms with Gasteiger partial charge >= 0.3 is 0 Å². The minimum atomic E-state index is -0.981. The number of methoxy groups -OCH3 is 1. The summed E-state index contributed by atoms with van der Waals surface area (Å²) in [6.07, 6.45) is 0. The fourth-order valence-corrected chi connectivity index (χ4v) is 7.52. The molecule has 5 aromatic rings. The van der Waals surface area contributed by atoms with E-state index in [1.165, 1.54) is 35.1 Å². The summed E-state index contributed by atoms with van der Waals surface area (Å²) in [6, 6.07) is 18.8. The standard InChI is InChI=1S/C33H27Cl2N3O5S2/c1-33(2,3)20-11-8-17(9-12-20)26-25(27(39)24-14-18-6-5-7-23(42-4)29(18)43-24)28(40)30(41)38(26)31-36-37-32(45-31)44-16-19-10-13-21(34)15-22(19)35/h5-15,26,40H,16H2,1-4H3. The van der Waals surface area contributed by atoms with E-state index in [1.54, 1.807) is 36.4 Å². The molecule has 2 aromatic heterocycles. The van der Waals surface area contributed by atoms with Crippen LogP contribution in [0.3, 0.4) is 0 Å². The molecule has 1 amide bonds. The van der Waals surface area contributed by atoms with Gasteiger partial charge in [0.2, 0.25) is 10.9 Å². The number of amides is 1. The van der Waals surface area contributed by atoms with Crippen molar-refractivity contribution in [1.29, 1.82) is 0 Å². The summed E-state index contributed by atoms with van der Waals surface area (Å²) in [6.45, 7) is 6.30. The summed E-state index contributed by atoms with van der Waals surface area (Å²) < 4.78 is 11.9. The second-order valence-corrected chi connectivity index (χ2v) is 14.4. The number of fused-ring (bicyclic) bond motifs is 1. The smallest absolute Gasteiger partial charge is 0.296 e. The average molecular weight is 681 g/mol. The predicted molar refractivity (Wildman–Crippen MR) is 178 cm³/mol. The first-order chi connectivity index (χ1) is 21.5. The van der Waals surface area contributed by atoms with E-state index in [2.05, 4.69) is 31.0 Å². The summed E-state index contributed by atoms with van der Waals surface area (Å²) in [5, 5.41) is 21.8. The quantitative estimate of drug-likeness (QED) is 0.0984. The molecular weight excluding hydrogens is 653 g/mol. The number of ether oxygens (including phenoxy) is 1. The first-order valence-electron chi connectivity index (χ1n) is 13.8. The molecule has 12 heteroatoms. The van der Waals surface area contributed by atoms with Crippen LogP contribution < -0.4 is 9.64 Å². The second-order valence-electron chi connectivity index (χ2n) is 11.4. The zero-order valence-electron chi connectivity index (χ0n) is 24.6. The fraction of sp³-hybridized carbons (Fsp3) is 0.212. The Morgan fingerprint density at radius 1 is 1.09 bits per heavy atom. The van der Waals surface area contributed by atoms with Crippen LogP contribution in [-0.2, 0) is 16.0 Å². The SMILES string of the molecule is COc1cccc2cc(C(=O)C3=C(O)C(=O)N(c4nnc(SCc5ccc(Cl)cc5Cl)s4)C3c3ccc(C(C)(C)C)cc3)oc12.